The lowest BCUT2D eigenvalue weighted by atomic mass is 10.2. The molecule has 9 nitrogen and oxygen atoms in total. The first-order chi connectivity index (χ1) is 15.4. The van der Waals surface area contributed by atoms with E-state index in [2.05, 4.69) is 10.2 Å². The van der Waals surface area contributed by atoms with E-state index < -0.39 is 4.92 Å². The Morgan fingerprint density at radius 3 is 2.59 bits per heavy atom. The molecule has 11 heteroatoms. The van der Waals surface area contributed by atoms with Crippen molar-refractivity contribution < 1.29 is 14.5 Å². The van der Waals surface area contributed by atoms with Gasteiger partial charge in [0.2, 0.25) is 5.91 Å². The summed E-state index contributed by atoms with van der Waals surface area (Å²) < 4.78 is 7.10. The number of anilines is 1. The Bertz CT molecular complexity index is 1090. The number of methoxy groups -OCH3 is 1. The molecule has 168 valence electrons. The van der Waals surface area contributed by atoms with Gasteiger partial charge >= 0.3 is 0 Å². The van der Waals surface area contributed by atoms with Gasteiger partial charge in [-0.05, 0) is 30.7 Å². The summed E-state index contributed by atoms with van der Waals surface area (Å²) in [5.74, 6) is 0.582. The van der Waals surface area contributed by atoms with Gasteiger partial charge in [0.25, 0.3) is 5.69 Å². The predicted molar refractivity (Wildman–Crippen MR) is 124 cm³/mol. The second-order valence-corrected chi connectivity index (χ2v) is 8.15. The number of ether oxygens (including phenoxy) is 1. The maximum Gasteiger partial charge on any atom is 0.269 e. The number of nitro benzene ring substituents is 1. The Labute approximate surface area is 194 Å². The van der Waals surface area contributed by atoms with Gasteiger partial charge in [-0.25, -0.2) is 0 Å². The predicted octanol–water partition coefficient (Wildman–Crippen LogP) is 4.30. The fourth-order valence-electron chi connectivity index (χ4n) is 2.97. The minimum atomic E-state index is -0.478. The molecule has 0 aliphatic rings. The minimum Gasteiger partial charge on any atom is -0.385 e. The molecule has 0 saturated carbocycles. The normalized spacial score (nSPS) is 10.8. The zero-order chi connectivity index (χ0) is 23.1. The van der Waals surface area contributed by atoms with E-state index in [0.717, 1.165) is 12.0 Å². The lowest BCUT2D eigenvalue weighted by Crippen LogP contribution is -2.28. The van der Waals surface area contributed by atoms with Crippen LogP contribution < -0.4 is 4.90 Å². The molecular formula is C21H22ClN5O4S. The highest BCUT2D eigenvalue weighted by Crippen LogP contribution is 2.30. The van der Waals surface area contributed by atoms with Crippen molar-refractivity contribution in [3.63, 3.8) is 0 Å². The maximum absolute atomic E-state index is 12.7. The molecule has 0 unspecified atom stereocenters. The van der Waals surface area contributed by atoms with E-state index in [1.54, 1.807) is 32.4 Å². The second-order valence-electron chi connectivity index (χ2n) is 6.80. The van der Waals surface area contributed by atoms with Gasteiger partial charge in [-0.1, -0.05) is 35.5 Å². The van der Waals surface area contributed by atoms with Gasteiger partial charge in [-0.3, -0.25) is 14.9 Å². The molecule has 0 aliphatic heterocycles. The summed E-state index contributed by atoms with van der Waals surface area (Å²) in [6.07, 6.45) is 0.746. The number of non-ortho nitro benzene ring substituents is 1. The van der Waals surface area contributed by atoms with Crippen molar-refractivity contribution >= 4 is 40.6 Å². The first-order valence-corrected chi connectivity index (χ1v) is 11.1. The van der Waals surface area contributed by atoms with Crippen LogP contribution in [0.25, 0.3) is 11.4 Å². The molecule has 2 aromatic carbocycles. The average Bonchev–Trinajstić information content (AvgIpc) is 3.20. The Hall–Kier alpha value is -2.95. The molecule has 3 aromatic rings. The van der Waals surface area contributed by atoms with Crippen molar-refractivity contribution in [2.45, 2.75) is 18.1 Å². The summed E-state index contributed by atoms with van der Waals surface area (Å²) in [5.41, 5.74) is 1.31. The lowest BCUT2D eigenvalue weighted by molar-refractivity contribution is -0.384. The third-order valence-corrected chi connectivity index (χ3v) is 5.99. The molecule has 0 atom stereocenters. The van der Waals surface area contributed by atoms with Crippen molar-refractivity contribution in [1.82, 2.24) is 14.8 Å². The number of nitrogens with zero attached hydrogens (tertiary/aromatic N) is 5. The number of halogens is 1. The number of amides is 1. The molecule has 0 radical (unpaired) electrons. The van der Waals surface area contributed by atoms with Gasteiger partial charge in [-0.15, -0.1) is 10.2 Å². The van der Waals surface area contributed by atoms with E-state index in [9.17, 15) is 14.9 Å². The number of thioether (sulfide) groups is 1. The van der Waals surface area contributed by atoms with Crippen LogP contribution >= 0.6 is 23.4 Å². The summed E-state index contributed by atoms with van der Waals surface area (Å²) in [4.78, 5) is 24.5. The van der Waals surface area contributed by atoms with Gasteiger partial charge in [0, 0.05) is 50.7 Å². The summed E-state index contributed by atoms with van der Waals surface area (Å²) in [7, 11) is 3.27. The molecular weight excluding hydrogens is 454 g/mol. The zero-order valence-electron chi connectivity index (χ0n) is 17.6. The van der Waals surface area contributed by atoms with Gasteiger partial charge in [-0.2, -0.15) is 0 Å². The van der Waals surface area contributed by atoms with Crippen molar-refractivity contribution in [2.24, 2.45) is 0 Å². The molecule has 0 spiro atoms. The van der Waals surface area contributed by atoms with E-state index >= 15 is 0 Å². The summed E-state index contributed by atoms with van der Waals surface area (Å²) in [5, 5.41) is 20.6. The number of hydrogen-bond acceptors (Lipinski definition) is 7. The van der Waals surface area contributed by atoms with Crippen molar-refractivity contribution in [1.29, 1.82) is 0 Å². The van der Waals surface area contributed by atoms with Crippen LogP contribution in [0.4, 0.5) is 11.4 Å². The van der Waals surface area contributed by atoms with E-state index in [-0.39, 0.29) is 17.3 Å². The number of carbonyl (C=O) groups is 1. The third-order valence-electron chi connectivity index (χ3n) is 4.71. The quantitative estimate of drug-likeness (QED) is 0.186. The van der Waals surface area contributed by atoms with E-state index in [0.29, 0.717) is 34.8 Å². The van der Waals surface area contributed by atoms with Crippen LogP contribution in [0.1, 0.15) is 6.42 Å². The van der Waals surface area contributed by atoms with Gasteiger partial charge in [0.1, 0.15) is 0 Å². The first kappa shape index (κ1) is 23.7. The van der Waals surface area contributed by atoms with Crippen molar-refractivity contribution in [3.05, 3.63) is 63.7 Å². The number of benzene rings is 2. The first-order valence-electron chi connectivity index (χ1n) is 9.73. The maximum atomic E-state index is 12.7. The Morgan fingerprint density at radius 2 is 1.94 bits per heavy atom. The van der Waals surface area contributed by atoms with Gasteiger partial charge in [0.15, 0.2) is 11.0 Å². The van der Waals surface area contributed by atoms with E-state index in [1.807, 2.05) is 22.8 Å². The number of nitro groups is 1. The topological polar surface area (TPSA) is 103 Å². The lowest BCUT2D eigenvalue weighted by Gasteiger charge is -2.17. The summed E-state index contributed by atoms with van der Waals surface area (Å²) >= 11 is 7.62. The zero-order valence-corrected chi connectivity index (χ0v) is 19.2. The van der Waals surface area contributed by atoms with Crippen LogP contribution in [-0.2, 0) is 16.1 Å². The highest BCUT2D eigenvalue weighted by atomic mass is 35.5. The van der Waals surface area contributed by atoms with Crippen LogP contribution in [0.3, 0.4) is 0 Å². The van der Waals surface area contributed by atoms with E-state index in [1.165, 1.54) is 28.8 Å². The van der Waals surface area contributed by atoms with Crippen LogP contribution in [0.15, 0.2) is 53.7 Å². The Kier molecular flexibility index (Phi) is 8.20. The number of carbonyl (C=O) groups excluding carboxylic acids is 1. The number of rotatable bonds is 10. The Morgan fingerprint density at radius 1 is 1.22 bits per heavy atom. The van der Waals surface area contributed by atoms with E-state index in [4.69, 9.17) is 16.3 Å². The fourth-order valence-corrected chi connectivity index (χ4v) is 4.07. The van der Waals surface area contributed by atoms with Crippen LogP contribution in [0.2, 0.25) is 5.02 Å². The highest BCUT2D eigenvalue weighted by molar-refractivity contribution is 7.99. The smallest absolute Gasteiger partial charge is 0.269 e. The molecule has 1 heterocycles. The largest absolute Gasteiger partial charge is 0.385 e. The molecule has 0 fully saturated rings. The molecule has 0 aliphatic carbocycles. The second kappa shape index (κ2) is 11.1. The monoisotopic (exact) mass is 475 g/mol. The Balaban J connectivity index is 1.75. The molecule has 0 saturated heterocycles. The standard InChI is InChI=1S/C21H22ClN5O4S/c1-25(15-8-10-16(11-9-15)27(29)30)19(28)14-32-21-24-23-20(26(21)12-5-13-31-2)17-6-3-4-7-18(17)22/h3-4,6-11H,5,12-14H2,1-2H3. The van der Waals surface area contributed by atoms with Crippen molar-refractivity contribution in [3.8, 4) is 11.4 Å². The average molecular weight is 476 g/mol. The fraction of sp³-hybridized carbons (Fsp3) is 0.286. The van der Waals surface area contributed by atoms with Gasteiger partial charge in [0.05, 0.1) is 15.7 Å². The molecule has 32 heavy (non-hydrogen) atoms. The SMILES string of the molecule is COCCCn1c(SCC(=O)N(C)c2ccc([N+](=O)[O-])cc2)nnc1-c1ccccc1Cl. The van der Waals surface area contributed by atoms with Gasteiger partial charge < -0.3 is 14.2 Å². The third kappa shape index (κ3) is 5.64. The highest BCUT2D eigenvalue weighted by Gasteiger charge is 2.19. The number of aromatic nitrogens is 3. The summed E-state index contributed by atoms with van der Waals surface area (Å²) in [6, 6.07) is 13.2. The molecule has 0 bridgehead atoms. The van der Waals surface area contributed by atoms with Crippen LogP contribution in [-0.4, -0.2) is 52.1 Å². The molecule has 1 aromatic heterocycles. The molecule has 1 amide bonds. The summed E-state index contributed by atoms with van der Waals surface area (Å²) in [6.45, 7) is 1.18. The minimum absolute atomic E-state index is 0.0276. The molecule has 3 rings (SSSR count). The molecule has 0 N–H and O–H groups in total. The van der Waals surface area contributed by atoms with Crippen molar-refractivity contribution in [2.75, 3.05) is 31.4 Å². The van der Waals surface area contributed by atoms with Crippen LogP contribution in [0, 0.1) is 10.1 Å². The van der Waals surface area contributed by atoms with Crippen LogP contribution in [0.5, 0.6) is 0 Å². The number of hydrogen-bond donors (Lipinski definition) is 0.